The van der Waals surface area contributed by atoms with Crippen LogP contribution in [0.1, 0.15) is 48.5 Å². The summed E-state index contributed by atoms with van der Waals surface area (Å²) < 4.78 is 5.45. The first kappa shape index (κ1) is 27.9. The fourth-order valence-corrected chi connectivity index (χ4v) is 4.93. The lowest BCUT2D eigenvalue weighted by Gasteiger charge is -2.35. The van der Waals surface area contributed by atoms with E-state index in [1.54, 1.807) is 48.9 Å². The van der Waals surface area contributed by atoms with Crippen molar-refractivity contribution in [2.24, 2.45) is 0 Å². The van der Waals surface area contributed by atoms with Crippen molar-refractivity contribution in [3.05, 3.63) is 94.7 Å². The van der Waals surface area contributed by atoms with E-state index in [-0.39, 0.29) is 18.4 Å². The molecule has 202 valence electrons. The third-order valence-corrected chi connectivity index (χ3v) is 7.57. The topological polar surface area (TPSA) is 87.7 Å². The van der Waals surface area contributed by atoms with Gasteiger partial charge in [-0.05, 0) is 60.9 Å². The molecule has 0 unspecified atom stereocenters. The molecule has 39 heavy (non-hydrogen) atoms. The zero-order chi connectivity index (χ0) is 28.0. The molecule has 0 saturated carbocycles. The van der Waals surface area contributed by atoms with Crippen molar-refractivity contribution >= 4 is 45.5 Å². The fourth-order valence-electron chi connectivity index (χ4n) is 4.29. The minimum Gasteiger partial charge on any atom is -0.497 e. The van der Waals surface area contributed by atoms with Crippen molar-refractivity contribution in [1.82, 2.24) is 10.6 Å². The number of carbonyl (C=O) groups excluding carboxylic acids is 3. The van der Waals surface area contributed by atoms with Crippen LogP contribution in [-0.2, 0) is 9.59 Å². The highest BCUT2D eigenvalue weighted by Crippen LogP contribution is 2.35. The minimum atomic E-state index is -1.03. The molecular weight excluding hydrogens is 510 g/mol. The van der Waals surface area contributed by atoms with E-state index >= 15 is 0 Å². The van der Waals surface area contributed by atoms with Gasteiger partial charge in [0.15, 0.2) is 0 Å². The van der Waals surface area contributed by atoms with Gasteiger partial charge in [0.25, 0.3) is 5.91 Å². The number of hydrogen-bond donors (Lipinski definition) is 2. The second-order valence-corrected chi connectivity index (χ2v) is 10.8. The van der Waals surface area contributed by atoms with E-state index in [1.165, 1.54) is 16.2 Å². The second kappa shape index (κ2) is 12.1. The van der Waals surface area contributed by atoms with Gasteiger partial charge in [-0.25, -0.2) is 0 Å². The molecule has 1 heterocycles. The van der Waals surface area contributed by atoms with E-state index in [4.69, 9.17) is 4.74 Å². The zero-order valence-corrected chi connectivity index (χ0v) is 23.4. The van der Waals surface area contributed by atoms with Crippen LogP contribution >= 0.6 is 11.3 Å². The van der Waals surface area contributed by atoms with Gasteiger partial charge in [0.1, 0.15) is 11.8 Å². The molecule has 4 rings (SSSR count). The van der Waals surface area contributed by atoms with Crippen molar-refractivity contribution in [2.45, 2.75) is 38.8 Å². The Bertz CT molecular complexity index is 1460. The maximum absolute atomic E-state index is 14.1. The average molecular weight is 544 g/mol. The molecule has 0 fully saturated rings. The summed E-state index contributed by atoms with van der Waals surface area (Å²) in [5.74, 6) is -0.531. The highest BCUT2D eigenvalue weighted by atomic mass is 32.1. The van der Waals surface area contributed by atoms with Crippen molar-refractivity contribution in [3.63, 3.8) is 0 Å². The molecule has 4 aromatic rings. The molecule has 8 heteroatoms. The predicted octanol–water partition coefficient (Wildman–Crippen LogP) is 5.72. The fraction of sp³-hybridized carbons (Fsp3) is 0.258. The van der Waals surface area contributed by atoms with Gasteiger partial charge in [0.2, 0.25) is 11.8 Å². The zero-order valence-electron chi connectivity index (χ0n) is 22.6. The summed E-state index contributed by atoms with van der Waals surface area (Å²) >= 11 is 1.30. The number of carbonyl (C=O) groups is 3. The Balaban J connectivity index is 1.84. The summed E-state index contributed by atoms with van der Waals surface area (Å²) in [6, 6.07) is 23.0. The predicted molar refractivity (Wildman–Crippen MR) is 156 cm³/mol. The van der Waals surface area contributed by atoms with E-state index in [0.29, 0.717) is 28.3 Å². The monoisotopic (exact) mass is 543 g/mol. The van der Waals surface area contributed by atoms with Crippen LogP contribution in [0.2, 0.25) is 0 Å². The van der Waals surface area contributed by atoms with Gasteiger partial charge < -0.3 is 15.4 Å². The number of nitrogens with one attached hydrogen (secondary N) is 2. The van der Waals surface area contributed by atoms with Gasteiger partial charge in [0, 0.05) is 10.9 Å². The smallest absolute Gasteiger partial charge is 0.261 e. The molecule has 2 N–H and O–H groups in total. The largest absolute Gasteiger partial charge is 0.497 e. The Morgan fingerprint density at radius 3 is 2.44 bits per heavy atom. The van der Waals surface area contributed by atoms with Gasteiger partial charge in [-0.1, -0.05) is 61.5 Å². The molecule has 0 radical (unpaired) electrons. The molecule has 1 atom stereocenters. The van der Waals surface area contributed by atoms with Crippen LogP contribution in [0.5, 0.6) is 5.75 Å². The van der Waals surface area contributed by atoms with Crippen LogP contribution in [0, 0.1) is 0 Å². The maximum Gasteiger partial charge on any atom is 0.261 e. The number of nitrogens with zero attached hydrogens (tertiary/aromatic N) is 1. The van der Waals surface area contributed by atoms with Crippen molar-refractivity contribution < 1.29 is 19.1 Å². The van der Waals surface area contributed by atoms with Crippen LogP contribution < -0.4 is 20.3 Å². The highest BCUT2D eigenvalue weighted by molar-refractivity contribution is 7.12. The number of methoxy groups -OCH3 is 1. The molecule has 3 amide bonds. The Morgan fingerprint density at radius 2 is 1.72 bits per heavy atom. The second-order valence-electron chi connectivity index (χ2n) is 9.83. The quantitative estimate of drug-likeness (QED) is 0.268. The lowest BCUT2D eigenvalue weighted by molar-refractivity contribution is -0.127. The number of benzene rings is 3. The lowest BCUT2D eigenvalue weighted by atomic mass is 9.97. The van der Waals surface area contributed by atoms with E-state index in [9.17, 15) is 14.4 Å². The molecule has 0 aliphatic heterocycles. The van der Waals surface area contributed by atoms with E-state index in [2.05, 4.69) is 10.6 Å². The number of ether oxygens (including phenoxy) is 1. The normalized spacial score (nSPS) is 12.0. The summed E-state index contributed by atoms with van der Waals surface area (Å²) in [5.41, 5.74) is 0.653. The summed E-state index contributed by atoms with van der Waals surface area (Å²) in [5, 5.41) is 9.40. The number of hydrogen-bond acceptors (Lipinski definition) is 5. The van der Waals surface area contributed by atoms with Gasteiger partial charge in [-0.15, -0.1) is 11.3 Å². The van der Waals surface area contributed by atoms with Crippen molar-refractivity contribution in [3.8, 4) is 5.75 Å². The van der Waals surface area contributed by atoms with Crippen LogP contribution in [0.25, 0.3) is 10.8 Å². The van der Waals surface area contributed by atoms with Crippen molar-refractivity contribution in [2.75, 3.05) is 18.6 Å². The van der Waals surface area contributed by atoms with Gasteiger partial charge in [0.05, 0.1) is 24.2 Å². The van der Waals surface area contributed by atoms with Crippen LogP contribution in [0.15, 0.2) is 84.2 Å². The number of thiophene rings is 1. The third kappa shape index (κ3) is 6.46. The first-order chi connectivity index (χ1) is 18.7. The molecule has 7 nitrogen and oxygen atoms in total. The molecule has 0 aliphatic rings. The summed E-state index contributed by atoms with van der Waals surface area (Å²) in [4.78, 5) is 42.8. The van der Waals surface area contributed by atoms with Crippen LogP contribution in [0.4, 0.5) is 5.69 Å². The van der Waals surface area contributed by atoms with E-state index in [1.807, 2.05) is 63.2 Å². The van der Waals surface area contributed by atoms with E-state index in [0.717, 1.165) is 10.8 Å². The van der Waals surface area contributed by atoms with Gasteiger partial charge in [-0.3, -0.25) is 19.3 Å². The maximum atomic E-state index is 14.1. The first-order valence-electron chi connectivity index (χ1n) is 12.8. The third-order valence-electron chi connectivity index (χ3n) is 6.70. The lowest BCUT2D eigenvalue weighted by Crippen LogP contribution is -2.52. The Morgan fingerprint density at radius 1 is 0.974 bits per heavy atom. The Hall–Kier alpha value is -4.17. The van der Waals surface area contributed by atoms with E-state index < -0.39 is 17.5 Å². The number of rotatable bonds is 10. The van der Waals surface area contributed by atoms with Gasteiger partial charge >= 0.3 is 0 Å². The van der Waals surface area contributed by atoms with Crippen LogP contribution in [-0.4, -0.2) is 36.9 Å². The summed E-state index contributed by atoms with van der Waals surface area (Å²) in [6.45, 7) is 5.59. The standard InChI is InChI=1S/C31H33N3O4S/c1-5-31(2,3)33-30(37)28(22-13-8-14-23(19-22)38-4)34(25-16-9-12-21-11-6-7-15-24(21)25)27(35)20-32-29(36)26-17-10-18-39-26/h6-19,28H,5,20H2,1-4H3,(H,32,36)(H,33,37)/t28-/m0/s1. The number of anilines is 1. The molecule has 0 aliphatic carbocycles. The SMILES string of the molecule is CCC(C)(C)NC(=O)[C@H](c1cccc(OC)c1)N(C(=O)CNC(=O)c1cccs1)c1cccc2ccccc12. The van der Waals surface area contributed by atoms with Gasteiger partial charge in [-0.2, -0.15) is 0 Å². The molecule has 0 saturated heterocycles. The van der Waals surface area contributed by atoms with Crippen LogP contribution in [0.3, 0.4) is 0 Å². The summed E-state index contributed by atoms with van der Waals surface area (Å²) in [7, 11) is 1.56. The molecular formula is C31H33N3O4S. The molecule has 0 spiro atoms. The Labute approximate surface area is 232 Å². The molecule has 1 aromatic heterocycles. The number of amides is 3. The average Bonchev–Trinajstić information content (AvgIpc) is 3.49. The minimum absolute atomic E-state index is 0.287. The Kier molecular flexibility index (Phi) is 8.66. The molecule has 0 bridgehead atoms. The number of fused-ring (bicyclic) bond motifs is 1. The molecule has 3 aromatic carbocycles. The highest BCUT2D eigenvalue weighted by Gasteiger charge is 2.36. The first-order valence-corrected chi connectivity index (χ1v) is 13.7. The van der Waals surface area contributed by atoms with Crippen molar-refractivity contribution in [1.29, 1.82) is 0 Å². The summed E-state index contributed by atoms with van der Waals surface area (Å²) in [6.07, 6.45) is 0.697.